The Bertz CT molecular complexity index is 939. The average molecular weight is 444 g/mol. The summed E-state index contributed by atoms with van der Waals surface area (Å²) in [7, 11) is 0. The normalized spacial score (nSPS) is 16.7. The largest absolute Gasteiger partial charge is 0.481 e. The van der Waals surface area contributed by atoms with E-state index in [1.165, 1.54) is 0 Å². The highest BCUT2D eigenvalue weighted by Crippen LogP contribution is 2.24. The Labute approximate surface area is 184 Å². The number of ether oxygens (including phenoxy) is 1. The lowest BCUT2D eigenvalue weighted by Crippen LogP contribution is -2.47. The van der Waals surface area contributed by atoms with E-state index < -0.39 is 48.1 Å². The molecule has 1 amide bonds. The molecule has 1 aliphatic heterocycles. The Kier molecular flexibility index (Phi) is 8.79. The van der Waals surface area contributed by atoms with E-state index in [0.29, 0.717) is 11.9 Å². The van der Waals surface area contributed by atoms with Crippen molar-refractivity contribution in [3.05, 3.63) is 41.4 Å². The summed E-state index contributed by atoms with van der Waals surface area (Å²) in [6, 6.07) is 7.71. The van der Waals surface area contributed by atoms with Gasteiger partial charge in [-0.15, -0.1) is 0 Å². The van der Waals surface area contributed by atoms with Gasteiger partial charge in [-0.2, -0.15) is 4.79 Å². The zero-order chi connectivity index (χ0) is 23.7. The number of rotatable bonds is 11. The third-order valence-corrected chi connectivity index (χ3v) is 4.71. The number of benzene rings is 1. The molecule has 1 heterocycles. The van der Waals surface area contributed by atoms with E-state index in [0.717, 1.165) is 5.56 Å². The maximum atomic E-state index is 12.7. The van der Waals surface area contributed by atoms with Crippen LogP contribution in [0.15, 0.2) is 35.5 Å². The number of aliphatic carboxylic acids is 1. The number of nitrogens with one attached hydrogen (secondary N) is 1. The van der Waals surface area contributed by atoms with E-state index in [2.05, 4.69) is 15.3 Å². The molecule has 0 spiro atoms. The summed E-state index contributed by atoms with van der Waals surface area (Å²) in [5, 5.41) is 15.1. The van der Waals surface area contributed by atoms with E-state index >= 15 is 0 Å². The van der Waals surface area contributed by atoms with Crippen molar-refractivity contribution in [3.8, 4) is 0 Å². The first kappa shape index (κ1) is 24.4. The zero-order valence-electron chi connectivity index (χ0n) is 17.6. The first-order valence-corrected chi connectivity index (χ1v) is 9.89. The van der Waals surface area contributed by atoms with Gasteiger partial charge in [0.25, 0.3) is 11.7 Å². The Hall–Kier alpha value is -3.85. The lowest BCUT2D eigenvalue weighted by molar-refractivity contribution is -0.148. The monoisotopic (exact) mass is 444 g/mol. The first-order valence-electron chi connectivity index (χ1n) is 9.89. The zero-order valence-corrected chi connectivity index (χ0v) is 17.6. The number of nitrogens with zero attached hydrogens (tertiary/aromatic N) is 3. The lowest BCUT2D eigenvalue weighted by Gasteiger charge is -2.19. The van der Waals surface area contributed by atoms with Crippen molar-refractivity contribution in [2.75, 3.05) is 0 Å². The van der Waals surface area contributed by atoms with Gasteiger partial charge in [0.1, 0.15) is 18.6 Å². The average Bonchev–Trinajstić information content (AvgIpc) is 3.22. The van der Waals surface area contributed by atoms with Crippen LogP contribution in [0.1, 0.15) is 32.3 Å². The van der Waals surface area contributed by atoms with Crippen LogP contribution in [0.4, 0.5) is 0 Å². The Morgan fingerprint density at radius 1 is 1.31 bits per heavy atom. The highest BCUT2D eigenvalue weighted by molar-refractivity contribution is 6.28. The minimum atomic E-state index is -1.44. The molecule has 0 radical (unpaired) electrons. The molecule has 11 heteroatoms. The molecule has 0 saturated carbocycles. The number of amides is 1. The SMILES string of the molecule is CC(C)[C@H](C(=O)OCc1ccccc1)C1=NOC(C(=O)N[C@@H](CC(=O)O)C(=O)C=[N+]=[N-])C1. The third-order valence-electron chi connectivity index (χ3n) is 4.71. The predicted molar refractivity (Wildman–Crippen MR) is 110 cm³/mol. The van der Waals surface area contributed by atoms with Crippen LogP contribution in [-0.2, 0) is 35.4 Å². The van der Waals surface area contributed by atoms with E-state index in [-0.39, 0.29) is 18.9 Å². The molecule has 1 aromatic rings. The standard InChI is InChI=1S/C21H24N4O7/c1-12(2)19(21(30)31-11-13-6-4-3-5-7-13)15-8-17(32-25-15)20(29)24-14(9-18(27)28)16(26)10-23-22/h3-7,10,12,14,17,19H,8-9,11H2,1-2H3,(H,24,29)(H,27,28)/t14-,17?,19-/m0/s1. The molecule has 1 aromatic carbocycles. The summed E-state index contributed by atoms with van der Waals surface area (Å²) in [6.07, 6.45) is -1.39. The summed E-state index contributed by atoms with van der Waals surface area (Å²) in [5.74, 6) is -4.45. The van der Waals surface area contributed by atoms with Gasteiger partial charge in [0.15, 0.2) is 0 Å². The highest BCUT2D eigenvalue weighted by Gasteiger charge is 2.39. The quantitative estimate of drug-likeness (QED) is 0.222. The molecule has 2 N–H and O–H groups in total. The Morgan fingerprint density at radius 3 is 2.59 bits per heavy atom. The van der Waals surface area contributed by atoms with Crippen molar-refractivity contribution in [2.45, 2.75) is 45.4 Å². The molecule has 0 fully saturated rings. The van der Waals surface area contributed by atoms with Crippen LogP contribution in [0.5, 0.6) is 0 Å². The molecule has 32 heavy (non-hydrogen) atoms. The summed E-state index contributed by atoms with van der Waals surface area (Å²) in [5.41, 5.74) is 9.62. The molecule has 11 nitrogen and oxygen atoms in total. The number of carboxylic acid groups (broad SMARTS) is 1. The molecule has 0 aromatic heterocycles. The summed E-state index contributed by atoms with van der Waals surface area (Å²) in [4.78, 5) is 55.7. The molecule has 1 aliphatic rings. The van der Waals surface area contributed by atoms with Crippen molar-refractivity contribution in [2.24, 2.45) is 17.0 Å². The molecule has 3 atom stereocenters. The van der Waals surface area contributed by atoms with Crippen molar-refractivity contribution in [3.63, 3.8) is 0 Å². The van der Waals surface area contributed by atoms with Crippen molar-refractivity contribution < 1.29 is 38.6 Å². The Balaban J connectivity index is 2.00. The van der Waals surface area contributed by atoms with Crippen LogP contribution in [0.2, 0.25) is 0 Å². The first-order chi connectivity index (χ1) is 15.2. The van der Waals surface area contributed by atoms with E-state index in [4.69, 9.17) is 20.2 Å². The lowest BCUT2D eigenvalue weighted by atomic mass is 9.88. The number of hydrogen-bond donors (Lipinski definition) is 2. The van der Waals surface area contributed by atoms with Crippen LogP contribution in [-0.4, -0.2) is 57.6 Å². The number of carbonyl (C=O) groups excluding carboxylic acids is 3. The summed E-state index contributed by atoms with van der Waals surface area (Å²) in [6.45, 7) is 3.70. The fourth-order valence-electron chi connectivity index (χ4n) is 3.14. The summed E-state index contributed by atoms with van der Waals surface area (Å²) >= 11 is 0. The number of esters is 1. The van der Waals surface area contributed by atoms with Gasteiger partial charge in [0.05, 0.1) is 12.1 Å². The van der Waals surface area contributed by atoms with Crippen LogP contribution < -0.4 is 5.32 Å². The van der Waals surface area contributed by atoms with Gasteiger partial charge in [-0.25, -0.2) is 0 Å². The summed E-state index contributed by atoms with van der Waals surface area (Å²) < 4.78 is 5.40. The van der Waals surface area contributed by atoms with Gasteiger partial charge in [-0.1, -0.05) is 49.3 Å². The van der Waals surface area contributed by atoms with Crippen molar-refractivity contribution in [1.82, 2.24) is 5.32 Å². The topological polar surface area (TPSA) is 168 Å². The van der Waals surface area contributed by atoms with E-state index in [9.17, 15) is 19.2 Å². The molecule has 2 rings (SSSR count). The predicted octanol–water partition coefficient (Wildman–Crippen LogP) is 0.976. The number of oxime groups is 1. The number of carbonyl (C=O) groups is 4. The van der Waals surface area contributed by atoms with E-state index in [1.807, 2.05) is 30.3 Å². The second kappa shape index (κ2) is 11.5. The van der Waals surface area contributed by atoms with Crippen LogP contribution in [0.3, 0.4) is 0 Å². The minimum Gasteiger partial charge on any atom is -0.481 e. The number of ketones is 1. The smallest absolute Gasteiger partial charge is 0.325 e. The molecule has 170 valence electrons. The maximum Gasteiger partial charge on any atom is 0.325 e. The Morgan fingerprint density at radius 2 is 2.00 bits per heavy atom. The van der Waals surface area contributed by atoms with Gasteiger partial charge in [0, 0.05) is 6.42 Å². The molecular weight excluding hydrogens is 420 g/mol. The van der Waals surface area contributed by atoms with Crippen molar-refractivity contribution in [1.29, 1.82) is 0 Å². The molecule has 0 saturated heterocycles. The fourth-order valence-corrected chi connectivity index (χ4v) is 3.14. The second-order valence-electron chi connectivity index (χ2n) is 7.50. The molecular formula is C21H24N4O7. The molecule has 0 aliphatic carbocycles. The number of hydrogen-bond acceptors (Lipinski definition) is 7. The number of Topliss-reactive ketones (excluding diaryl/α,β-unsaturated/α-hetero) is 1. The van der Waals surface area contributed by atoms with Gasteiger partial charge in [0.2, 0.25) is 6.10 Å². The van der Waals surface area contributed by atoms with Crippen LogP contribution in [0.25, 0.3) is 5.53 Å². The van der Waals surface area contributed by atoms with E-state index in [1.54, 1.807) is 13.8 Å². The molecule has 0 bridgehead atoms. The second-order valence-corrected chi connectivity index (χ2v) is 7.50. The fraction of sp³-hybridized carbons (Fsp3) is 0.429. The van der Waals surface area contributed by atoms with Crippen LogP contribution >= 0.6 is 0 Å². The minimum absolute atomic E-state index is 0.0306. The third kappa shape index (κ3) is 6.85. The van der Waals surface area contributed by atoms with Gasteiger partial charge >= 0.3 is 18.2 Å². The molecule has 1 unspecified atom stereocenters. The van der Waals surface area contributed by atoms with Gasteiger partial charge in [-0.3, -0.25) is 19.2 Å². The van der Waals surface area contributed by atoms with Gasteiger partial charge < -0.3 is 25.5 Å². The maximum absolute atomic E-state index is 12.7. The van der Waals surface area contributed by atoms with Crippen molar-refractivity contribution >= 4 is 35.6 Å². The highest BCUT2D eigenvalue weighted by atomic mass is 16.6. The number of carboxylic acids is 1. The van der Waals surface area contributed by atoms with Crippen LogP contribution in [0, 0.1) is 11.8 Å². The van der Waals surface area contributed by atoms with Gasteiger partial charge in [-0.05, 0) is 11.5 Å².